The maximum absolute atomic E-state index is 12.6. The predicted octanol–water partition coefficient (Wildman–Crippen LogP) is 2.14. The summed E-state index contributed by atoms with van der Waals surface area (Å²) < 4.78 is 16.4. The standard InChI is InChI=1S/C21H22N2O5/c1-26-17-5-3-2-4-14(17)12-22-21(25)15-10-20(24)23(13-15)16-6-7-18-19(11-16)28-9-8-27-18/h2-7,11,15H,8-10,12-13H2,1H3,(H,22,25)/t15-/m1/s1. The van der Waals surface area contributed by atoms with Crippen LogP contribution < -0.4 is 24.4 Å². The number of amides is 2. The van der Waals surface area contributed by atoms with Gasteiger partial charge in [0.15, 0.2) is 11.5 Å². The number of carbonyl (C=O) groups excluding carboxylic acids is 2. The highest BCUT2D eigenvalue weighted by atomic mass is 16.6. The number of hydrogen-bond acceptors (Lipinski definition) is 5. The van der Waals surface area contributed by atoms with Gasteiger partial charge < -0.3 is 24.4 Å². The molecule has 0 aromatic heterocycles. The molecule has 2 amide bonds. The van der Waals surface area contributed by atoms with Gasteiger partial charge in [0.05, 0.1) is 13.0 Å². The molecule has 7 heteroatoms. The number of fused-ring (bicyclic) bond motifs is 1. The van der Waals surface area contributed by atoms with Gasteiger partial charge in [-0.1, -0.05) is 18.2 Å². The van der Waals surface area contributed by atoms with Crippen molar-refractivity contribution < 1.29 is 23.8 Å². The van der Waals surface area contributed by atoms with E-state index < -0.39 is 5.92 Å². The van der Waals surface area contributed by atoms with E-state index in [2.05, 4.69) is 5.32 Å². The molecule has 0 saturated carbocycles. The minimum atomic E-state index is -0.393. The summed E-state index contributed by atoms with van der Waals surface area (Å²) in [5, 5.41) is 2.92. The number of benzene rings is 2. The molecule has 7 nitrogen and oxygen atoms in total. The van der Waals surface area contributed by atoms with E-state index >= 15 is 0 Å². The van der Waals surface area contributed by atoms with Gasteiger partial charge in [-0.05, 0) is 18.2 Å². The average molecular weight is 382 g/mol. The number of para-hydroxylation sites is 1. The lowest BCUT2D eigenvalue weighted by molar-refractivity contribution is -0.126. The molecule has 0 unspecified atom stereocenters. The zero-order chi connectivity index (χ0) is 19.5. The molecule has 146 valence electrons. The van der Waals surface area contributed by atoms with Gasteiger partial charge in [-0.2, -0.15) is 0 Å². The maximum atomic E-state index is 12.6. The minimum Gasteiger partial charge on any atom is -0.496 e. The molecule has 1 saturated heterocycles. The lowest BCUT2D eigenvalue weighted by atomic mass is 10.1. The second-order valence-electron chi connectivity index (χ2n) is 6.76. The molecule has 1 atom stereocenters. The normalized spacial score (nSPS) is 18.1. The Balaban J connectivity index is 1.41. The van der Waals surface area contributed by atoms with Crippen molar-refractivity contribution in [3.8, 4) is 17.2 Å². The highest BCUT2D eigenvalue weighted by molar-refractivity contribution is 6.00. The monoisotopic (exact) mass is 382 g/mol. The Bertz CT molecular complexity index is 898. The number of hydrogen-bond donors (Lipinski definition) is 1. The second-order valence-corrected chi connectivity index (χ2v) is 6.76. The van der Waals surface area contributed by atoms with E-state index in [0.717, 1.165) is 11.3 Å². The van der Waals surface area contributed by atoms with Crippen LogP contribution in [-0.4, -0.2) is 38.7 Å². The Morgan fingerprint density at radius 2 is 1.96 bits per heavy atom. The van der Waals surface area contributed by atoms with Crippen molar-refractivity contribution in [2.75, 3.05) is 31.8 Å². The number of methoxy groups -OCH3 is 1. The third-order valence-electron chi connectivity index (χ3n) is 4.98. The van der Waals surface area contributed by atoms with E-state index in [4.69, 9.17) is 14.2 Å². The van der Waals surface area contributed by atoms with E-state index in [1.54, 1.807) is 24.1 Å². The van der Waals surface area contributed by atoms with Crippen LogP contribution in [0.3, 0.4) is 0 Å². The summed E-state index contributed by atoms with van der Waals surface area (Å²) in [5.41, 5.74) is 1.61. The zero-order valence-corrected chi connectivity index (χ0v) is 15.6. The summed E-state index contributed by atoms with van der Waals surface area (Å²) in [6.07, 6.45) is 0.187. The van der Waals surface area contributed by atoms with Gasteiger partial charge in [-0.15, -0.1) is 0 Å². The van der Waals surface area contributed by atoms with Crippen molar-refractivity contribution in [3.63, 3.8) is 0 Å². The Hall–Kier alpha value is -3.22. The molecule has 0 aliphatic carbocycles. The maximum Gasteiger partial charge on any atom is 0.227 e. The van der Waals surface area contributed by atoms with E-state index in [1.807, 2.05) is 30.3 Å². The highest BCUT2D eigenvalue weighted by Crippen LogP contribution is 2.36. The Morgan fingerprint density at radius 1 is 1.18 bits per heavy atom. The molecule has 1 N–H and O–H groups in total. The van der Waals surface area contributed by atoms with Crippen LogP contribution in [0.1, 0.15) is 12.0 Å². The summed E-state index contributed by atoms with van der Waals surface area (Å²) in [6, 6.07) is 12.9. The third-order valence-corrected chi connectivity index (χ3v) is 4.98. The molecule has 0 radical (unpaired) electrons. The van der Waals surface area contributed by atoms with Crippen molar-refractivity contribution in [1.82, 2.24) is 5.32 Å². The first-order valence-electron chi connectivity index (χ1n) is 9.25. The lowest BCUT2D eigenvalue weighted by Gasteiger charge is -2.22. The van der Waals surface area contributed by atoms with Crippen LogP contribution in [0.4, 0.5) is 5.69 Å². The largest absolute Gasteiger partial charge is 0.496 e. The topological polar surface area (TPSA) is 77.1 Å². The average Bonchev–Trinajstić information content (AvgIpc) is 3.13. The van der Waals surface area contributed by atoms with Gasteiger partial charge in [-0.25, -0.2) is 0 Å². The molecular weight excluding hydrogens is 360 g/mol. The molecule has 2 aliphatic heterocycles. The SMILES string of the molecule is COc1ccccc1CNC(=O)[C@@H]1CC(=O)N(c2ccc3c(c2)OCCO3)C1. The van der Waals surface area contributed by atoms with Crippen LogP contribution in [0.15, 0.2) is 42.5 Å². The quantitative estimate of drug-likeness (QED) is 0.857. The van der Waals surface area contributed by atoms with Crippen molar-refractivity contribution in [2.24, 2.45) is 5.92 Å². The number of anilines is 1. The number of carbonyl (C=O) groups is 2. The molecule has 28 heavy (non-hydrogen) atoms. The summed E-state index contributed by atoms with van der Waals surface area (Å²) in [6.45, 7) is 1.70. The lowest BCUT2D eigenvalue weighted by Crippen LogP contribution is -2.32. The van der Waals surface area contributed by atoms with Crippen LogP contribution in [0, 0.1) is 5.92 Å². The second kappa shape index (κ2) is 7.80. The molecule has 0 spiro atoms. The molecule has 2 heterocycles. The summed E-state index contributed by atoms with van der Waals surface area (Å²) in [5.74, 6) is 1.42. The van der Waals surface area contributed by atoms with Crippen LogP contribution in [0.5, 0.6) is 17.2 Å². The number of ether oxygens (including phenoxy) is 3. The Morgan fingerprint density at radius 3 is 2.79 bits per heavy atom. The van der Waals surface area contributed by atoms with Gasteiger partial charge in [0.2, 0.25) is 11.8 Å². The van der Waals surface area contributed by atoms with Crippen molar-refractivity contribution in [1.29, 1.82) is 0 Å². The van der Waals surface area contributed by atoms with Crippen LogP contribution in [0.25, 0.3) is 0 Å². The van der Waals surface area contributed by atoms with Crippen LogP contribution in [-0.2, 0) is 16.1 Å². The smallest absolute Gasteiger partial charge is 0.227 e. The summed E-state index contributed by atoms with van der Waals surface area (Å²) in [7, 11) is 1.60. The van der Waals surface area contributed by atoms with E-state index in [9.17, 15) is 9.59 Å². The van der Waals surface area contributed by atoms with Crippen molar-refractivity contribution >= 4 is 17.5 Å². The first-order chi connectivity index (χ1) is 13.7. The summed E-state index contributed by atoms with van der Waals surface area (Å²) in [4.78, 5) is 26.7. The highest BCUT2D eigenvalue weighted by Gasteiger charge is 2.35. The number of nitrogens with one attached hydrogen (secondary N) is 1. The van der Waals surface area contributed by atoms with E-state index in [-0.39, 0.29) is 18.2 Å². The minimum absolute atomic E-state index is 0.0749. The third kappa shape index (κ3) is 3.60. The Labute approximate surface area is 163 Å². The van der Waals surface area contributed by atoms with E-state index in [0.29, 0.717) is 43.5 Å². The molecule has 2 aromatic carbocycles. The molecule has 4 rings (SSSR count). The number of rotatable bonds is 5. The number of nitrogens with zero attached hydrogens (tertiary/aromatic N) is 1. The predicted molar refractivity (Wildman–Crippen MR) is 103 cm³/mol. The van der Waals surface area contributed by atoms with Gasteiger partial charge in [0.25, 0.3) is 0 Å². The molecule has 0 bridgehead atoms. The van der Waals surface area contributed by atoms with Crippen molar-refractivity contribution in [2.45, 2.75) is 13.0 Å². The van der Waals surface area contributed by atoms with Gasteiger partial charge in [-0.3, -0.25) is 9.59 Å². The molecule has 2 aromatic rings. The van der Waals surface area contributed by atoms with Gasteiger partial charge in [0.1, 0.15) is 19.0 Å². The van der Waals surface area contributed by atoms with Crippen molar-refractivity contribution in [3.05, 3.63) is 48.0 Å². The summed E-state index contributed by atoms with van der Waals surface area (Å²) >= 11 is 0. The first kappa shape index (κ1) is 18.2. The fourth-order valence-corrected chi connectivity index (χ4v) is 3.51. The van der Waals surface area contributed by atoms with Gasteiger partial charge in [0, 0.05) is 36.8 Å². The van der Waals surface area contributed by atoms with Crippen LogP contribution in [0.2, 0.25) is 0 Å². The van der Waals surface area contributed by atoms with Crippen LogP contribution >= 0.6 is 0 Å². The zero-order valence-electron chi connectivity index (χ0n) is 15.6. The van der Waals surface area contributed by atoms with Gasteiger partial charge >= 0.3 is 0 Å². The fraction of sp³-hybridized carbons (Fsp3) is 0.333. The fourth-order valence-electron chi connectivity index (χ4n) is 3.51. The molecular formula is C21H22N2O5. The first-order valence-corrected chi connectivity index (χ1v) is 9.25. The van der Waals surface area contributed by atoms with E-state index in [1.165, 1.54) is 0 Å². The molecule has 1 fully saturated rings. The molecule has 2 aliphatic rings. The Kier molecular flexibility index (Phi) is 5.06.